The second kappa shape index (κ2) is 6.62. The summed E-state index contributed by atoms with van der Waals surface area (Å²) < 4.78 is 5.19. The molecule has 0 bridgehead atoms. The fourth-order valence-electron chi connectivity index (χ4n) is 1.87. The third kappa shape index (κ3) is 3.64. The van der Waals surface area contributed by atoms with Gasteiger partial charge in [0.1, 0.15) is 6.61 Å². The van der Waals surface area contributed by atoms with E-state index in [1.165, 1.54) is 15.7 Å². The van der Waals surface area contributed by atoms with E-state index in [0.29, 0.717) is 12.2 Å². The largest absolute Gasteiger partial charge is 0.461 e. The summed E-state index contributed by atoms with van der Waals surface area (Å²) in [7, 11) is 0. The minimum atomic E-state index is -0.324. The summed E-state index contributed by atoms with van der Waals surface area (Å²) in [5.74, 6) is -0.324. The zero-order valence-corrected chi connectivity index (χ0v) is 12.6. The number of hydrogen-bond acceptors (Lipinski definition) is 3. The quantitative estimate of drug-likeness (QED) is 0.462. The molecule has 0 amide bonds. The Balaban J connectivity index is 2.05. The third-order valence-electron chi connectivity index (χ3n) is 2.88. The molecule has 0 aromatic heterocycles. The van der Waals surface area contributed by atoms with Gasteiger partial charge in [0.2, 0.25) is 0 Å². The van der Waals surface area contributed by atoms with Crippen molar-refractivity contribution in [2.45, 2.75) is 24.0 Å². The van der Waals surface area contributed by atoms with Gasteiger partial charge in [0.25, 0.3) is 0 Å². The van der Waals surface area contributed by atoms with Crippen LogP contribution < -0.4 is 0 Å². The van der Waals surface area contributed by atoms with Crippen molar-refractivity contribution in [1.29, 1.82) is 0 Å². The van der Waals surface area contributed by atoms with Crippen LogP contribution in [0, 0.1) is 0 Å². The zero-order valence-electron chi connectivity index (χ0n) is 11.8. The molecular formula is C17H18O2S. The van der Waals surface area contributed by atoms with Crippen LogP contribution in [0.1, 0.15) is 13.8 Å². The maximum Gasteiger partial charge on any atom is 0.333 e. The zero-order chi connectivity index (χ0) is 14.5. The van der Waals surface area contributed by atoms with Crippen LogP contribution in [-0.4, -0.2) is 17.8 Å². The Bertz CT molecular complexity index is 628. The monoisotopic (exact) mass is 286 g/mol. The van der Waals surface area contributed by atoms with E-state index in [1.807, 2.05) is 12.1 Å². The molecule has 2 rings (SSSR count). The minimum absolute atomic E-state index is 0.198. The van der Waals surface area contributed by atoms with E-state index in [2.05, 4.69) is 43.8 Å². The van der Waals surface area contributed by atoms with Gasteiger partial charge >= 0.3 is 5.97 Å². The molecule has 0 aliphatic heterocycles. The summed E-state index contributed by atoms with van der Waals surface area (Å²) in [6, 6.07) is 14.6. The van der Waals surface area contributed by atoms with Crippen molar-refractivity contribution in [3.8, 4) is 0 Å². The number of carbonyl (C=O) groups excluding carboxylic acids is 1. The molecule has 0 saturated heterocycles. The van der Waals surface area contributed by atoms with Gasteiger partial charge in [-0.3, -0.25) is 0 Å². The van der Waals surface area contributed by atoms with Gasteiger partial charge in [0.05, 0.1) is 0 Å². The van der Waals surface area contributed by atoms with Crippen LogP contribution in [0.25, 0.3) is 10.8 Å². The molecule has 0 N–H and O–H groups in total. The lowest BCUT2D eigenvalue weighted by atomic mass is 10.1. The van der Waals surface area contributed by atoms with E-state index in [0.717, 1.165) is 0 Å². The first-order valence-electron chi connectivity index (χ1n) is 6.55. The number of hydrogen-bond donors (Lipinski definition) is 0. The first kappa shape index (κ1) is 14.7. The second-order valence-corrected chi connectivity index (χ2v) is 6.26. The molecule has 1 atom stereocenters. The minimum Gasteiger partial charge on any atom is -0.461 e. The highest BCUT2D eigenvalue weighted by Crippen LogP contribution is 2.30. The van der Waals surface area contributed by atoms with Crippen molar-refractivity contribution in [2.24, 2.45) is 0 Å². The molecule has 0 aliphatic carbocycles. The van der Waals surface area contributed by atoms with Crippen molar-refractivity contribution < 1.29 is 9.53 Å². The molecule has 1 unspecified atom stereocenters. The Morgan fingerprint density at radius 2 is 1.95 bits per heavy atom. The average molecular weight is 286 g/mol. The van der Waals surface area contributed by atoms with Gasteiger partial charge in [0.15, 0.2) is 0 Å². The maximum absolute atomic E-state index is 11.4. The molecule has 2 aromatic rings. The number of fused-ring (bicyclic) bond motifs is 1. The van der Waals surface area contributed by atoms with Crippen molar-refractivity contribution in [1.82, 2.24) is 0 Å². The summed E-state index contributed by atoms with van der Waals surface area (Å²) in [6.45, 7) is 7.68. The van der Waals surface area contributed by atoms with E-state index in [-0.39, 0.29) is 11.2 Å². The number of thioether (sulfide) groups is 1. The van der Waals surface area contributed by atoms with Crippen molar-refractivity contribution in [3.63, 3.8) is 0 Å². The Hall–Kier alpha value is -1.74. The molecule has 3 heteroatoms. The van der Waals surface area contributed by atoms with Crippen LogP contribution in [0.3, 0.4) is 0 Å². The van der Waals surface area contributed by atoms with Crippen LogP contribution in [0.4, 0.5) is 0 Å². The van der Waals surface area contributed by atoms with E-state index in [4.69, 9.17) is 4.74 Å². The Morgan fingerprint density at radius 3 is 2.70 bits per heavy atom. The molecule has 104 valence electrons. The van der Waals surface area contributed by atoms with Crippen molar-refractivity contribution in [2.75, 3.05) is 6.61 Å². The van der Waals surface area contributed by atoms with E-state index >= 15 is 0 Å². The number of esters is 1. The Kier molecular flexibility index (Phi) is 4.85. The van der Waals surface area contributed by atoms with Gasteiger partial charge in [-0.25, -0.2) is 4.79 Å². The second-order valence-electron chi connectivity index (χ2n) is 4.78. The third-order valence-corrected chi connectivity index (χ3v) is 4.02. The van der Waals surface area contributed by atoms with E-state index in [9.17, 15) is 4.79 Å². The standard InChI is InChI=1S/C17H18O2S/c1-12(2)17(18)19-11-13(3)20-16-10-6-8-14-7-4-5-9-15(14)16/h4-10,13H,1,11H2,2-3H3. The van der Waals surface area contributed by atoms with Gasteiger partial charge < -0.3 is 4.74 Å². The predicted molar refractivity (Wildman–Crippen MR) is 85.0 cm³/mol. The van der Waals surface area contributed by atoms with Crippen LogP contribution in [0.5, 0.6) is 0 Å². The van der Waals surface area contributed by atoms with Crippen LogP contribution in [-0.2, 0) is 9.53 Å². The van der Waals surface area contributed by atoms with Gasteiger partial charge in [-0.05, 0) is 30.7 Å². The van der Waals surface area contributed by atoms with E-state index < -0.39 is 0 Å². The molecule has 20 heavy (non-hydrogen) atoms. The van der Waals surface area contributed by atoms with Crippen LogP contribution in [0.15, 0.2) is 59.5 Å². The molecular weight excluding hydrogens is 268 g/mol. The lowest BCUT2D eigenvalue weighted by molar-refractivity contribution is -0.138. The predicted octanol–water partition coefficient (Wildman–Crippen LogP) is 4.44. The van der Waals surface area contributed by atoms with Gasteiger partial charge in [-0.15, -0.1) is 11.8 Å². The van der Waals surface area contributed by atoms with Gasteiger partial charge in [-0.2, -0.15) is 0 Å². The Morgan fingerprint density at radius 1 is 1.25 bits per heavy atom. The highest BCUT2D eigenvalue weighted by Gasteiger charge is 2.10. The highest BCUT2D eigenvalue weighted by atomic mass is 32.2. The molecule has 0 saturated carbocycles. The molecule has 0 radical (unpaired) electrons. The average Bonchev–Trinajstić information content (AvgIpc) is 2.45. The number of benzene rings is 2. The summed E-state index contributed by atoms with van der Waals surface area (Å²) in [6.07, 6.45) is 0. The summed E-state index contributed by atoms with van der Waals surface area (Å²) in [4.78, 5) is 12.6. The first-order valence-corrected chi connectivity index (χ1v) is 7.43. The summed E-state index contributed by atoms with van der Waals surface area (Å²) in [5.41, 5.74) is 0.437. The number of carbonyl (C=O) groups is 1. The smallest absolute Gasteiger partial charge is 0.333 e. The van der Waals surface area contributed by atoms with Gasteiger partial charge in [0, 0.05) is 15.7 Å². The molecule has 2 nitrogen and oxygen atoms in total. The first-order chi connectivity index (χ1) is 9.58. The molecule has 2 aromatic carbocycles. The highest BCUT2D eigenvalue weighted by molar-refractivity contribution is 8.00. The number of rotatable bonds is 5. The fourth-order valence-corrected chi connectivity index (χ4v) is 2.91. The maximum atomic E-state index is 11.4. The topological polar surface area (TPSA) is 26.3 Å². The summed E-state index contributed by atoms with van der Waals surface area (Å²) in [5, 5.41) is 2.66. The van der Waals surface area contributed by atoms with Gasteiger partial charge in [-0.1, -0.05) is 43.0 Å². The van der Waals surface area contributed by atoms with Crippen molar-refractivity contribution in [3.05, 3.63) is 54.6 Å². The Labute approximate surface area is 123 Å². The van der Waals surface area contributed by atoms with Crippen LogP contribution >= 0.6 is 11.8 Å². The molecule has 0 aliphatic rings. The normalized spacial score (nSPS) is 12.1. The molecule has 0 heterocycles. The van der Waals surface area contributed by atoms with Crippen molar-refractivity contribution >= 4 is 28.5 Å². The molecule has 0 spiro atoms. The van der Waals surface area contributed by atoms with E-state index in [1.54, 1.807) is 18.7 Å². The lowest BCUT2D eigenvalue weighted by Crippen LogP contribution is -2.13. The number of ether oxygens (including phenoxy) is 1. The lowest BCUT2D eigenvalue weighted by Gasteiger charge is -2.13. The fraction of sp³-hybridized carbons (Fsp3) is 0.235. The SMILES string of the molecule is C=C(C)C(=O)OCC(C)Sc1cccc2ccccc12. The summed E-state index contributed by atoms with van der Waals surface area (Å²) >= 11 is 1.72. The van der Waals surface area contributed by atoms with Crippen LogP contribution in [0.2, 0.25) is 0 Å². The molecule has 0 fully saturated rings.